The molecule has 1 aliphatic heterocycles. The average Bonchev–Trinajstić information content (AvgIpc) is 2.44. The lowest BCUT2D eigenvalue weighted by Gasteiger charge is -2.46. The van der Waals surface area contributed by atoms with Crippen LogP contribution in [0.4, 0.5) is 0 Å². The molecule has 0 aromatic heterocycles. The molecule has 1 N–H and O–H groups in total. The predicted molar refractivity (Wildman–Crippen MR) is 78.3 cm³/mol. The number of benzene rings is 1. The van der Waals surface area contributed by atoms with E-state index in [-0.39, 0.29) is 5.54 Å². The predicted octanol–water partition coefficient (Wildman–Crippen LogP) is 3.17. The fraction of sp³-hybridized carbons (Fsp3) is 0.647. The molecule has 2 nitrogen and oxygen atoms in total. The van der Waals surface area contributed by atoms with Crippen molar-refractivity contribution in [3.05, 3.63) is 35.9 Å². The SMILES string of the molecule is CC1CCC2(CC1)COC[C@H](Cc1ccccc1)N2. The van der Waals surface area contributed by atoms with Crippen molar-refractivity contribution in [1.82, 2.24) is 5.32 Å². The first kappa shape index (κ1) is 13.1. The van der Waals surface area contributed by atoms with Gasteiger partial charge in [0.1, 0.15) is 0 Å². The minimum atomic E-state index is 0.268. The van der Waals surface area contributed by atoms with Gasteiger partial charge in [-0.3, -0.25) is 0 Å². The third kappa shape index (κ3) is 3.18. The Morgan fingerprint density at radius 1 is 1.21 bits per heavy atom. The summed E-state index contributed by atoms with van der Waals surface area (Å²) < 4.78 is 5.92. The van der Waals surface area contributed by atoms with E-state index < -0.39 is 0 Å². The van der Waals surface area contributed by atoms with Crippen molar-refractivity contribution in [2.24, 2.45) is 5.92 Å². The van der Waals surface area contributed by atoms with Crippen LogP contribution in [-0.4, -0.2) is 24.8 Å². The van der Waals surface area contributed by atoms with Crippen molar-refractivity contribution in [1.29, 1.82) is 0 Å². The van der Waals surface area contributed by atoms with Crippen molar-refractivity contribution in [3.8, 4) is 0 Å². The van der Waals surface area contributed by atoms with Gasteiger partial charge < -0.3 is 10.1 Å². The van der Waals surface area contributed by atoms with Crippen LogP contribution in [0, 0.1) is 5.92 Å². The number of nitrogens with one attached hydrogen (secondary N) is 1. The summed E-state index contributed by atoms with van der Waals surface area (Å²) in [6.07, 6.45) is 6.32. The Balaban J connectivity index is 1.62. The Hall–Kier alpha value is -0.860. The summed E-state index contributed by atoms with van der Waals surface area (Å²) in [6.45, 7) is 4.13. The van der Waals surface area contributed by atoms with E-state index in [1.807, 2.05) is 0 Å². The van der Waals surface area contributed by atoms with Crippen LogP contribution in [0.15, 0.2) is 30.3 Å². The molecular weight excluding hydrogens is 234 g/mol. The molecule has 1 aromatic rings. The maximum atomic E-state index is 5.92. The van der Waals surface area contributed by atoms with E-state index in [0.717, 1.165) is 25.6 Å². The van der Waals surface area contributed by atoms with Gasteiger partial charge in [0.2, 0.25) is 0 Å². The van der Waals surface area contributed by atoms with Crippen LogP contribution in [-0.2, 0) is 11.2 Å². The van der Waals surface area contributed by atoms with E-state index in [2.05, 4.69) is 42.6 Å². The minimum Gasteiger partial charge on any atom is -0.378 e. The molecule has 2 aliphatic rings. The van der Waals surface area contributed by atoms with Gasteiger partial charge in [-0.05, 0) is 43.6 Å². The van der Waals surface area contributed by atoms with E-state index in [9.17, 15) is 0 Å². The number of hydrogen-bond donors (Lipinski definition) is 1. The Bertz CT molecular complexity index is 395. The number of rotatable bonds is 2. The van der Waals surface area contributed by atoms with Gasteiger partial charge in [-0.25, -0.2) is 0 Å². The Kier molecular flexibility index (Phi) is 3.90. The Labute approximate surface area is 116 Å². The van der Waals surface area contributed by atoms with Crippen LogP contribution in [0.3, 0.4) is 0 Å². The lowest BCUT2D eigenvalue weighted by atomic mass is 9.76. The molecule has 1 aliphatic carbocycles. The minimum absolute atomic E-state index is 0.268. The number of ether oxygens (including phenoxy) is 1. The summed E-state index contributed by atoms with van der Waals surface area (Å²) in [5.41, 5.74) is 1.68. The zero-order valence-corrected chi connectivity index (χ0v) is 11.9. The zero-order valence-electron chi connectivity index (χ0n) is 11.9. The summed E-state index contributed by atoms with van der Waals surface area (Å²) in [5.74, 6) is 0.891. The van der Waals surface area contributed by atoms with Crippen LogP contribution in [0.2, 0.25) is 0 Å². The molecule has 2 fully saturated rings. The molecule has 0 bridgehead atoms. The summed E-state index contributed by atoms with van der Waals surface area (Å²) in [6, 6.07) is 11.2. The van der Waals surface area contributed by atoms with Crippen LogP contribution in [0.1, 0.15) is 38.2 Å². The maximum absolute atomic E-state index is 5.92. The molecule has 1 aromatic carbocycles. The van der Waals surface area contributed by atoms with Crippen molar-refractivity contribution in [3.63, 3.8) is 0 Å². The van der Waals surface area contributed by atoms with E-state index in [0.29, 0.717) is 6.04 Å². The Morgan fingerprint density at radius 3 is 2.68 bits per heavy atom. The molecule has 3 rings (SSSR count). The highest BCUT2D eigenvalue weighted by Gasteiger charge is 2.38. The van der Waals surface area contributed by atoms with E-state index in [1.165, 1.54) is 31.2 Å². The van der Waals surface area contributed by atoms with E-state index in [1.54, 1.807) is 0 Å². The van der Waals surface area contributed by atoms with Crippen LogP contribution < -0.4 is 5.32 Å². The standard InChI is InChI=1S/C17H25NO/c1-14-7-9-17(10-8-14)13-19-12-16(18-17)11-15-5-3-2-4-6-15/h2-6,14,16,18H,7-13H2,1H3/t14?,16-,17?/m0/s1. The zero-order chi connectivity index (χ0) is 13.1. The fourth-order valence-electron chi connectivity index (χ4n) is 3.52. The van der Waals surface area contributed by atoms with Gasteiger partial charge in [0.05, 0.1) is 13.2 Å². The molecule has 0 unspecified atom stereocenters. The first-order chi connectivity index (χ1) is 9.26. The summed E-state index contributed by atoms with van der Waals surface area (Å²) in [5, 5.41) is 3.91. The van der Waals surface area contributed by atoms with Crippen molar-refractivity contribution < 1.29 is 4.74 Å². The normalized spacial score (nSPS) is 35.4. The Morgan fingerprint density at radius 2 is 1.95 bits per heavy atom. The topological polar surface area (TPSA) is 21.3 Å². The summed E-state index contributed by atoms with van der Waals surface area (Å²) >= 11 is 0. The van der Waals surface area contributed by atoms with Crippen LogP contribution >= 0.6 is 0 Å². The summed E-state index contributed by atoms with van der Waals surface area (Å²) in [7, 11) is 0. The van der Waals surface area contributed by atoms with Crippen molar-refractivity contribution in [2.75, 3.05) is 13.2 Å². The van der Waals surface area contributed by atoms with Gasteiger partial charge in [-0.2, -0.15) is 0 Å². The molecule has 19 heavy (non-hydrogen) atoms. The summed E-state index contributed by atoms with van der Waals surface area (Å²) in [4.78, 5) is 0. The lowest BCUT2D eigenvalue weighted by Crippen LogP contribution is -2.60. The van der Waals surface area contributed by atoms with Crippen LogP contribution in [0.5, 0.6) is 0 Å². The quantitative estimate of drug-likeness (QED) is 0.881. The molecule has 1 spiro atoms. The molecule has 0 amide bonds. The van der Waals surface area contributed by atoms with Gasteiger partial charge in [0.25, 0.3) is 0 Å². The highest BCUT2D eigenvalue weighted by atomic mass is 16.5. The first-order valence-electron chi connectivity index (χ1n) is 7.65. The molecular formula is C17H25NO. The van der Waals surface area contributed by atoms with Gasteiger partial charge in [-0.1, -0.05) is 37.3 Å². The second-order valence-corrected chi connectivity index (χ2v) is 6.51. The number of hydrogen-bond acceptors (Lipinski definition) is 2. The monoisotopic (exact) mass is 259 g/mol. The maximum Gasteiger partial charge on any atom is 0.0649 e. The van der Waals surface area contributed by atoms with Gasteiger partial charge >= 0.3 is 0 Å². The van der Waals surface area contributed by atoms with Gasteiger partial charge in [0, 0.05) is 11.6 Å². The molecule has 104 valence electrons. The molecule has 2 heteroatoms. The average molecular weight is 259 g/mol. The third-order valence-electron chi connectivity index (χ3n) is 4.76. The van der Waals surface area contributed by atoms with E-state index in [4.69, 9.17) is 4.74 Å². The van der Waals surface area contributed by atoms with Crippen molar-refractivity contribution in [2.45, 2.75) is 50.6 Å². The lowest BCUT2D eigenvalue weighted by molar-refractivity contribution is -0.0223. The first-order valence-corrected chi connectivity index (χ1v) is 7.65. The second kappa shape index (κ2) is 5.64. The fourth-order valence-corrected chi connectivity index (χ4v) is 3.52. The molecule has 0 radical (unpaired) electrons. The molecule has 1 saturated carbocycles. The second-order valence-electron chi connectivity index (χ2n) is 6.51. The van der Waals surface area contributed by atoms with Gasteiger partial charge in [0.15, 0.2) is 0 Å². The van der Waals surface area contributed by atoms with Gasteiger partial charge in [-0.15, -0.1) is 0 Å². The van der Waals surface area contributed by atoms with Crippen molar-refractivity contribution >= 4 is 0 Å². The molecule has 1 saturated heterocycles. The smallest absolute Gasteiger partial charge is 0.0649 e. The van der Waals surface area contributed by atoms with E-state index >= 15 is 0 Å². The molecule has 1 heterocycles. The molecule has 1 atom stereocenters. The highest BCUT2D eigenvalue weighted by Crippen LogP contribution is 2.34. The third-order valence-corrected chi connectivity index (χ3v) is 4.76. The number of morpholine rings is 1. The van der Waals surface area contributed by atoms with Crippen LogP contribution in [0.25, 0.3) is 0 Å². The largest absolute Gasteiger partial charge is 0.378 e. The highest BCUT2D eigenvalue weighted by molar-refractivity contribution is 5.16.